The molecule has 0 aliphatic carbocycles. The minimum atomic E-state index is -0.349. The van der Waals surface area contributed by atoms with Crippen molar-refractivity contribution in [2.45, 2.75) is 25.3 Å². The standard InChI is InChI=1S/C22H26N2O3/c25-16-20(13-18-9-5-2-6-10-18)23-22(27)19-14-21(26)24(15-19)12-11-17-7-3-1-4-8-17/h1-10,19-20,25H,11-16H2,(H,23,27)/t19-,20+/m1/s1. The highest BCUT2D eigenvalue weighted by Gasteiger charge is 2.34. The van der Waals surface area contributed by atoms with Gasteiger partial charge in [0.25, 0.3) is 0 Å². The van der Waals surface area contributed by atoms with Crippen molar-refractivity contribution < 1.29 is 14.7 Å². The van der Waals surface area contributed by atoms with Crippen molar-refractivity contribution >= 4 is 11.8 Å². The zero-order valence-electron chi connectivity index (χ0n) is 15.4. The van der Waals surface area contributed by atoms with Crippen molar-refractivity contribution in [2.24, 2.45) is 5.92 Å². The van der Waals surface area contributed by atoms with Gasteiger partial charge in [0.2, 0.25) is 11.8 Å². The van der Waals surface area contributed by atoms with Crippen LogP contribution in [0.2, 0.25) is 0 Å². The monoisotopic (exact) mass is 366 g/mol. The fraction of sp³-hybridized carbons (Fsp3) is 0.364. The molecular formula is C22H26N2O3. The van der Waals surface area contributed by atoms with E-state index in [0.717, 1.165) is 12.0 Å². The van der Waals surface area contributed by atoms with Gasteiger partial charge in [0.1, 0.15) is 0 Å². The lowest BCUT2D eigenvalue weighted by atomic mass is 10.0. The van der Waals surface area contributed by atoms with E-state index in [2.05, 4.69) is 5.32 Å². The van der Waals surface area contributed by atoms with Gasteiger partial charge in [-0.2, -0.15) is 0 Å². The van der Waals surface area contributed by atoms with Crippen molar-refractivity contribution in [3.63, 3.8) is 0 Å². The van der Waals surface area contributed by atoms with E-state index in [1.54, 1.807) is 4.90 Å². The number of nitrogens with zero attached hydrogens (tertiary/aromatic N) is 1. The topological polar surface area (TPSA) is 69.6 Å². The molecule has 1 fully saturated rings. The molecule has 3 rings (SSSR count). The summed E-state index contributed by atoms with van der Waals surface area (Å²) in [5.41, 5.74) is 2.24. The minimum Gasteiger partial charge on any atom is -0.394 e. The van der Waals surface area contributed by atoms with Gasteiger partial charge in [-0.05, 0) is 24.0 Å². The number of benzene rings is 2. The first-order valence-electron chi connectivity index (χ1n) is 9.42. The third-order valence-corrected chi connectivity index (χ3v) is 4.99. The highest BCUT2D eigenvalue weighted by Crippen LogP contribution is 2.19. The van der Waals surface area contributed by atoms with Gasteiger partial charge in [0, 0.05) is 19.5 Å². The third kappa shape index (κ3) is 5.41. The largest absolute Gasteiger partial charge is 0.394 e. The molecule has 27 heavy (non-hydrogen) atoms. The van der Waals surface area contributed by atoms with Crippen LogP contribution >= 0.6 is 0 Å². The second-order valence-electron chi connectivity index (χ2n) is 7.05. The molecule has 5 nitrogen and oxygen atoms in total. The predicted octanol–water partition coefficient (Wildman–Crippen LogP) is 1.80. The van der Waals surface area contributed by atoms with Gasteiger partial charge in [0.15, 0.2) is 0 Å². The van der Waals surface area contributed by atoms with Crippen LogP contribution in [0.15, 0.2) is 60.7 Å². The quantitative estimate of drug-likeness (QED) is 0.748. The van der Waals surface area contributed by atoms with Crippen LogP contribution in [0.3, 0.4) is 0 Å². The lowest BCUT2D eigenvalue weighted by molar-refractivity contribution is -0.129. The lowest BCUT2D eigenvalue weighted by Gasteiger charge is -2.20. The number of likely N-dealkylation sites (tertiary alicyclic amines) is 1. The molecule has 5 heteroatoms. The van der Waals surface area contributed by atoms with Crippen LogP contribution in [0, 0.1) is 5.92 Å². The van der Waals surface area contributed by atoms with Crippen LogP contribution < -0.4 is 5.32 Å². The highest BCUT2D eigenvalue weighted by atomic mass is 16.3. The van der Waals surface area contributed by atoms with Gasteiger partial charge in [0.05, 0.1) is 18.6 Å². The van der Waals surface area contributed by atoms with Crippen LogP contribution in [0.4, 0.5) is 0 Å². The zero-order chi connectivity index (χ0) is 19.1. The van der Waals surface area contributed by atoms with Crippen molar-refractivity contribution in [3.8, 4) is 0 Å². The highest BCUT2D eigenvalue weighted by molar-refractivity contribution is 5.89. The maximum absolute atomic E-state index is 12.6. The summed E-state index contributed by atoms with van der Waals surface area (Å²) < 4.78 is 0. The Morgan fingerprint density at radius 1 is 1.07 bits per heavy atom. The number of hydrogen-bond acceptors (Lipinski definition) is 3. The van der Waals surface area contributed by atoms with Crippen molar-refractivity contribution in [1.82, 2.24) is 10.2 Å². The number of hydrogen-bond donors (Lipinski definition) is 2. The molecule has 1 aliphatic rings. The molecule has 2 N–H and O–H groups in total. The first-order valence-corrected chi connectivity index (χ1v) is 9.42. The van der Waals surface area contributed by atoms with Crippen molar-refractivity contribution in [1.29, 1.82) is 0 Å². The van der Waals surface area contributed by atoms with Gasteiger partial charge < -0.3 is 15.3 Å². The number of amides is 2. The molecule has 2 amide bonds. The number of aliphatic hydroxyl groups is 1. The summed E-state index contributed by atoms with van der Waals surface area (Å²) in [5.74, 6) is -0.478. The van der Waals surface area contributed by atoms with Gasteiger partial charge in [-0.25, -0.2) is 0 Å². The van der Waals surface area contributed by atoms with Gasteiger partial charge in [-0.15, -0.1) is 0 Å². The molecule has 2 aromatic carbocycles. The average molecular weight is 366 g/mol. The fourth-order valence-electron chi connectivity index (χ4n) is 3.45. The molecule has 2 aromatic rings. The molecule has 2 atom stereocenters. The summed E-state index contributed by atoms with van der Waals surface area (Å²) in [6, 6.07) is 19.4. The smallest absolute Gasteiger partial charge is 0.225 e. The Balaban J connectivity index is 1.50. The molecule has 142 valence electrons. The van der Waals surface area contributed by atoms with Gasteiger partial charge in [-0.1, -0.05) is 60.7 Å². The van der Waals surface area contributed by atoms with E-state index in [-0.39, 0.29) is 36.8 Å². The summed E-state index contributed by atoms with van der Waals surface area (Å²) in [6.45, 7) is 0.945. The summed E-state index contributed by atoms with van der Waals surface area (Å²) in [5, 5.41) is 12.5. The van der Waals surface area contributed by atoms with E-state index < -0.39 is 0 Å². The van der Waals surface area contributed by atoms with Crippen LogP contribution in [0.1, 0.15) is 17.5 Å². The molecule has 0 unspecified atom stereocenters. The molecule has 1 aliphatic heterocycles. The number of aliphatic hydroxyl groups excluding tert-OH is 1. The number of rotatable bonds is 8. The maximum atomic E-state index is 12.6. The summed E-state index contributed by atoms with van der Waals surface area (Å²) in [4.78, 5) is 26.6. The molecule has 1 heterocycles. The first-order chi connectivity index (χ1) is 13.2. The normalized spacial score (nSPS) is 17.7. The van der Waals surface area contributed by atoms with E-state index in [9.17, 15) is 14.7 Å². The Bertz CT molecular complexity index is 749. The Morgan fingerprint density at radius 2 is 1.70 bits per heavy atom. The van der Waals surface area contributed by atoms with E-state index in [1.165, 1.54) is 5.56 Å². The second kappa shape index (κ2) is 9.33. The first kappa shape index (κ1) is 19.1. The van der Waals surface area contributed by atoms with Crippen LogP contribution in [-0.4, -0.2) is 47.6 Å². The molecule has 0 radical (unpaired) electrons. The summed E-state index contributed by atoms with van der Waals surface area (Å²) >= 11 is 0. The second-order valence-corrected chi connectivity index (χ2v) is 7.05. The van der Waals surface area contributed by atoms with E-state index in [4.69, 9.17) is 0 Å². The van der Waals surface area contributed by atoms with Gasteiger partial charge in [-0.3, -0.25) is 9.59 Å². The molecule has 0 aromatic heterocycles. The van der Waals surface area contributed by atoms with Gasteiger partial charge >= 0.3 is 0 Å². The number of carbonyl (C=O) groups excluding carboxylic acids is 2. The number of nitrogens with one attached hydrogen (secondary N) is 1. The third-order valence-electron chi connectivity index (χ3n) is 4.99. The van der Waals surface area contributed by atoms with Crippen molar-refractivity contribution in [3.05, 3.63) is 71.8 Å². The Hall–Kier alpha value is -2.66. The van der Waals surface area contributed by atoms with E-state index in [0.29, 0.717) is 19.5 Å². The molecular weight excluding hydrogens is 340 g/mol. The maximum Gasteiger partial charge on any atom is 0.225 e. The van der Waals surface area contributed by atoms with E-state index in [1.807, 2.05) is 60.7 Å². The molecule has 0 bridgehead atoms. The van der Waals surface area contributed by atoms with Crippen LogP contribution in [0.25, 0.3) is 0 Å². The summed E-state index contributed by atoms with van der Waals surface area (Å²) in [6.07, 6.45) is 1.60. The molecule has 1 saturated heterocycles. The molecule has 0 spiro atoms. The minimum absolute atomic E-state index is 0.0229. The Labute approximate surface area is 160 Å². The summed E-state index contributed by atoms with van der Waals surface area (Å²) in [7, 11) is 0. The van der Waals surface area contributed by atoms with E-state index >= 15 is 0 Å². The predicted molar refractivity (Wildman–Crippen MR) is 104 cm³/mol. The van der Waals surface area contributed by atoms with Crippen LogP contribution in [-0.2, 0) is 22.4 Å². The molecule has 0 saturated carbocycles. The number of carbonyl (C=O) groups is 2. The Kier molecular flexibility index (Phi) is 6.60. The SMILES string of the molecule is O=C(N[C@H](CO)Cc1ccccc1)[C@@H]1CC(=O)N(CCc2ccccc2)C1. The average Bonchev–Trinajstić information content (AvgIpc) is 3.08. The Morgan fingerprint density at radius 3 is 2.33 bits per heavy atom. The zero-order valence-corrected chi connectivity index (χ0v) is 15.4. The van der Waals surface area contributed by atoms with Crippen LogP contribution in [0.5, 0.6) is 0 Å². The lowest BCUT2D eigenvalue weighted by Crippen LogP contribution is -2.43. The fourth-order valence-corrected chi connectivity index (χ4v) is 3.45. The van der Waals surface area contributed by atoms with Crippen molar-refractivity contribution in [2.75, 3.05) is 19.7 Å².